The summed E-state index contributed by atoms with van der Waals surface area (Å²) in [7, 11) is 3.23. The summed E-state index contributed by atoms with van der Waals surface area (Å²) in [6, 6.07) is 0. The molecule has 1 aliphatic heterocycles. The molecular weight excluding hydrogens is 234 g/mol. The third kappa shape index (κ3) is 1.90. The molecule has 2 heterocycles. The molecule has 6 heteroatoms. The highest BCUT2D eigenvalue weighted by Crippen LogP contribution is 2.34. The third-order valence-corrected chi connectivity index (χ3v) is 2.90. The van der Waals surface area contributed by atoms with Gasteiger partial charge in [-0.15, -0.1) is 0 Å². The Morgan fingerprint density at radius 3 is 2.83 bits per heavy atom. The van der Waals surface area contributed by atoms with Gasteiger partial charge in [0.25, 0.3) is 5.91 Å². The molecule has 0 spiro atoms. The van der Waals surface area contributed by atoms with E-state index in [9.17, 15) is 9.59 Å². The Balaban J connectivity index is 2.67. The Bertz CT molecular complexity index is 500. The summed E-state index contributed by atoms with van der Waals surface area (Å²) in [4.78, 5) is 27.1. The quantitative estimate of drug-likeness (QED) is 0.768. The minimum Gasteiger partial charge on any atom is -0.492 e. The summed E-state index contributed by atoms with van der Waals surface area (Å²) in [5.74, 6) is 0.675. The second-order valence-electron chi connectivity index (χ2n) is 3.93. The van der Waals surface area contributed by atoms with Crippen LogP contribution in [-0.4, -0.2) is 37.9 Å². The third-order valence-electron chi connectivity index (χ3n) is 2.90. The van der Waals surface area contributed by atoms with E-state index in [1.807, 2.05) is 0 Å². The maximum atomic E-state index is 11.7. The molecule has 0 unspecified atom stereocenters. The zero-order valence-electron chi connectivity index (χ0n) is 10.4. The van der Waals surface area contributed by atoms with Crippen LogP contribution in [0.1, 0.15) is 32.8 Å². The van der Waals surface area contributed by atoms with E-state index in [4.69, 9.17) is 4.74 Å². The molecule has 0 atom stereocenters. The van der Waals surface area contributed by atoms with Gasteiger partial charge in [-0.05, 0) is 12.8 Å². The number of ether oxygens (including phenoxy) is 1. The predicted octanol–water partition coefficient (Wildman–Crippen LogP) is 0.620. The Labute approximate surface area is 105 Å². The first-order valence-electron chi connectivity index (χ1n) is 5.77. The average molecular weight is 249 g/mol. The average Bonchev–Trinajstić information content (AvgIpc) is 2.44. The van der Waals surface area contributed by atoms with Crippen molar-refractivity contribution in [3.05, 3.63) is 16.8 Å². The first-order valence-corrected chi connectivity index (χ1v) is 5.77. The fourth-order valence-electron chi connectivity index (χ4n) is 2.04. The smallest absolute Gasteiger partial charge is 0.270 e. The van der Waals surface area contributed by atoms with Crippen molar-refractivity contribution < 1.29 is 14.3 Å². The molecule has 0 fully saturated rings. The molecule has 0 bridgehead atoms. The van der Waals surface area contributed by atoms with Crippen LogP contribution in [0.25, 0.3) is 0 Å². The van der Waals surface area contributed by atoms with Crippen molar-refractivity contribution in [2.24, 2.45) is 0 Å². The predicted molar refractivity (Wildman–Crippen MR) is 66.4 cm³/mol. The number of amides is 1. The van der Waals surface area contributed by atoms with Crippen LogP contribution in [0.4, 0.5) is 5.82 Å². The lowest BCUT2D eigenvalue weighted by molar-refractivity contribution is 0.0950. The summed E-state index contributed by atoms with van der Waals surface area (Å²) < 4.78 is 5.53. The molecule has 0 aromatic carbocycles. The van der Waals surface area contributed by atoms with Crippen LogP contribution in [0.15, 0.2) is 0 Å². The lowest BCUT2D eigenvalue weighted by atomic mass is 10.0. The topological polar surface area (TPSA) is 80.3 Å². The Morgan fingerprint density at radius 1 is 1.44 bits per heavy atom. The molecule has 2 rings (SSSR count). The molecule has 6 nitrogen and oxygen atoms in total. The first kappa shape index (κ1) is 12.3. The summed E-state index contributed by atoms with van der Waals surface area (Å²) in [5, 5.41) is 5.41. The number of nitrogens with one attached hydrogen (secondary N) is 2. The van der Waals surface area contributed by atoms with Crippen LogP contribution in [0, 0.1) is 0 Å². The molecule has 0 radical (unpaired) electrons. The maximum absolute atomic E-state index is 11.7. The number of hydrogen-bond donors (Lipinski definition) is 2. The van der Waals surface area contributed by atoms with E-state index in [0.717, 1.165) is 18.4 Å². The van der Waals surface area contributed by atoms with E-state index < -0.39 is 5.91 Å². The summed E-state index contributed by atoms with van der Waals surface area (Å²) in [5.41, 5.74) is 1.18. The standard InChI is InChI=1S/C12H15N3O3/c1-13-11-7-4-3-5-18-10(7)8(6-16)9(15-11)12(17)14-2/h6H,3-5H2,1-2H3,(H,13,15)(H,14,17). The van der Waals surface area contributed by atoms with Gasteiger partial charge < -0.3 is 15.4 Å². The molecule has 96 valence electrons. The number of aldehydes is 1. The van der Waals surface area contributed by atoms with E-state index in [1.54, 1.807) is 7.05 Å². The van der Waals surface area contributed by atoms with Gasteiger partial charge in [-0.2, -0.15) is 0 Å². The van der Waals surface area contributed by atoms with Crippen LogP contribution >= 0.6 is 0 Å². The molecule has 0 aliphatic carbocycles. The molecule has 0 saturated carbocycles. The Hall–Kier alpha value is -2.11. The van der Waals surface area contributed by atoms with Gasteiger partial charge in [0.2, 0.25) is 0 Å². The van der Waals surface area contributed by atoms with Crippen LogP contribution in [0.3, 0.4) is 0 Å². The zero-order valence-corrected chi connectivity index (χ0v) is 10.4. The van der Waals surface area contributed by atoms with E-state index in [0.29, 0.717) is 24.5 Å². The minimum atomic E-state index is -0.398. The minimum absolute atomic E-state index is 0.0949. The summed E-state index contributed by atoms with van der Waals surface area (Å²) in [6.45, 7) is 0.550. The number of fused-ring (bicyclic) bond motifs is 1. The molecule has 18 heavy (non-hydrogen) atoms. The first-order chi connectivity index (χ1) is 8.72. The van der Waals surface area contributed by atoms with Gasteiger partial charge in [0.15, 0.2) is 6.29 Å². The number of nitrogens with zero attached hydrogens (tertiary/aromatic N) is 1. The van der Waals surface area contributed by atoms with Crippen molar-refractivity contribution in [2.45, 2.75) is 12.8 Å². The summed E-state index contributed by atoms with van der Waals surface area (Å²) in [6.07, 6.45) is 2.29. The molecule has 1 aromatic heterocycles. The monoisotopic (exact) mass is 249 g/mol. The highest BCUT2D eigenvalue weighted by Gasteiger charge is 2.25. The number of pyridine rings is 1. The molecule has 0 saturated heterocycles. The second kappa shape index (κ2) is 5.03. The molecule has 1 aliphatic rings. The van der Waals surface area contributed by atoms with Crippen LogP contribution in [-0.2, 0) is 6.42 Å². The fourth-order valence-corrected chi connectivity index (χ4v) is 2.04. The SMILES string of the molecule is CNC(=O)c1nc(NC)c2c(c1C=O)OCCC2. The highest BCUT2D eigenvalue weighted by atomic mass is 16.5. The largest absolute Gasteiger partial charge is 0.492 e. The lowest BCUT2D eigenvalue weighted by Crippen LogP contribution is -2.24. The maximum Gasteiger partial charge on any atom is 0.270 e. The van der Waals surface area contributed by atoms with Gasteiger partial charge >= 0.3 is 0 Å². The van der Waals surface area contributed by atoms with Crippen molar-refractivity contribution in [3.8, 4) is 5.75 Å². The number of anilines is 1. The van der Waals surface area contributed by atoms with Crippen LogP contribution in [0.5, 0.6) is 5.75 Å². The number of aromatic nitrogens is 1. The van der Waals surface area contributed by atoms with Gasteiger partial charge in [-0.1, -0.05) is 0 Å². The second-order valence-corrected chi connectivity index (χ2v) is 3.93. The molecule has 1 amide bonds. The van der Waals surface area contributed by atoms with E-state index >= 15 is 0 Å². The number of carbonyl (C=O) groups excluding carboxylic acids is 2. The summed E-state index contributed by atoms with van der Waals surface area (Å²) >= 11 is 0. The van der Waals surface area contributed by atoms with E-state index in [-0.39, 0.29) is 11.3 Å². The number of hydrogen-bond acceptors (Lipinski definition) is 5. The van der Waals surface area contributed by atoms with Gasteiger partial charge in [-0.3, -0.25) is 9.59 Å². The highest BCUT2D eigenvalue weighted by molar-refractivity contribution is 6.02. The molecular formula is C12H15N3O3. The Kier molecular flexibility index (Phi) is 3.45. The van der Waals surface area contributed by atoms with Crippen molar-refractivity contribution in [1.82, 2.24) is 10.3 Å². The number of rotatable bonds is 3. The molecule has 2 N–H and O–H groups in total. The van der Waals surface area contributed by atoms with Crippen molar-refractivity contribution in [1.29, 1.82) is 0 Å². The van der Waals surface area contributed by atoms with Crippen molar-refractivity contribution in [3.63, 3.8) is 0 Å². The van der Waals surface area contributed by atoms with E-state index in [2.05, 4.69) is 15.6 Å². The van der Waals surface area contributed by atoms with Gasteiger partial charge in [0.1, 0.15) is 17.3 Å². The van der Waals surface area contributed by atoms with Gasteiger partial charge in [0.05, 0.1) is 12.2 Å². The van der Waals surface area contributed by atoms with Crippen LogP contribution in [0.2, 0.25) is 0 Å². The van der Waals surface area contributed by atoms with Crippen molar-refractivity contribution >= 4 is 18.0 Å². The van der Waals surface area contributed by atoms with Crippen molar-refractivity contribution in [2.75, 3.05) is 26.0 Å². The zero-order chi connectivity index (χ0) is 13.1. The Morgan fingerprint density at radius 2 is 2.22 bits per heavy atom. The van der Waals surface area contributed by atoms with Gasteiger partial charge in [-0.25, -0.2) is 4.98 Å². The lowest BCUT2D eigenvalue weighted by Gasteiger charge is -2.22. The fraction of sp³-hybridized carbons (Fsp3) is 0.417. The number of carbonyl (C=O) groups is 2. The van der Waals surface area contributed by atoms with Gasteiger partial charge in [0, 0.05) is 19.7 Å². The van der Waals surface area contributed by atoms with E-state index in [1.165, 1.54) is 7.05 Å². The molecule has 1 aromatic rings. The van der Waals surface area contributed by atoms with Crippen LogP contribution < -0.4 is 15.4 Å². The normalized spacial score (nSPS) is 13.2.